The molecule has 1 saturated heterocycles. The number of hydrogen-bond acceptors (Lipinski definition) is 4. The second-order valence-corrected chi connectivity index (χ2v) is 8.24. The molecule has 6 nitrogen and oxygen atoms in total. The van der Waals surface area contributed by atoms with Gasteiger partial charge in [0, 0.05) is 6.54 Å². The number of hydrogen-bond donors (Lipinski definition) is 1. The first kappa shape index (κ1) is 23.1. The standard InChI is InChI=1S/C16H18F6N2O4S/c1-2-14(15(17,18)19)7-8-24(13(25)28-10-14)9-11-5-3-4-6-12(11)23-29(26,27)16(20,21)22/h3-6,23H,2,7-10H2,1H3. The van der Waals surface area contributed by atoms with Gasteiger partial charge in [-0.2, -0.15) is 34.8 Å². The minimum absolute atomic E-state index is 0.0340. The molecule has 13 heteroatoms. The first-order chi connectivity index (χ1) is 13.2. The molecule has 1 aromatic rings. The maximum absolute atomic E-state index is 13.4. The van der Waals surface area contributed by atoms with E-state index < -0.39 is 58.5 Å². The molecular weight excluding hydrogens is 430 g/mol. The molecule has 1 amide bonds. The summed E-state index contributed by atoms with van der Waals surface area (Å²) in [5.41, 5.74) is -8.27. The van der Waals surface area contributed by atoms with Crippen molar-refractivity contribution in [1.82, 2.24) is 4.90 Å². The maximum atomic E-state index is 13.4. The van der Waals surface area contributed by atoms with Gasteiger partial charge in [0.1, 0.15) is 12.0 Å². The highest BCUT2D eigenvalue weighted by Crippen LogP contribution is 2.45. The number of anilines is 1. The molecular formula is C16H18F6N2O4S. The summed E-state index contributed by atoms with van der Waals surface area (Å²) >= 11 is 0. The SMILES string of the molecule is CCC1(C(F)(F)F)CCN(Cc2ccccc2NS(=O)(=O)C(F)(F)F)C(=O)OC1. The van der Waals surface area contributed by atoms with Gasteiger partial charge in [-0.25, -0.2) is 4.79 Å². The Balaban J connectivity index is 2.26. The summed E-state index contributed by atoms with van der Waals surface area (Å²) < 4.78 is 107. The number of rotatable bonds is 5. The van der Waals surface area contributed by atoms with E-state index >= 15 is 0 Å². The first-order valence-corrected chi connectivity index (χ1v) is 9.86. The number of cyclic esters (lactones) is 1. The summed E-state index contributed by atoms with van der Waals surface area (Å²) in [4.78, 5) is 13.0. The number of ether oxygens (including phenoxy) is 1. The molecule has 0 radical (unpaired) electrons. The Morgan fingerprint density at radius 2 is 1.79 bits per heavy atom. The van der Waals surface area contributed by atoms with Crippen molar-refractivity contribution in [3.05, 3.63) is 29.8 Å². The summed E-state index contributed by atoms with van der Waals surface area (Å²) in [6.07, 6.45) is -6.47. The van der Waals surface area contributed by atoms with E-state index in [0.29, 0.717) is 0 Å². The monoisotopic (exact) mass is 448 g/mol. The molecule has 29 heavy (non-hydrogen) atoms. The number of carbonyl (C=O) groups excluding carboxylic acids is 1. The number of amides is 1. The predicted molar refractivity (Wildman–Crippen MR) is 90.2 cm³/mol. The van der Waals surface area contributed by atoms with Crippen LogP contribution in [0.1, 0.15) is 25.3 Å². The minimum atomic E-state index is -5.71. The van der Waals surface area contributed by atoms with Crippen LogP contribution in [0.3, 0.4) is 0 Å². The quantitative estimate of drug-likeness (QED) is 0.684. The zero-order valence-corrected chi connectivity index (χ0v) is 15.9. The first-order valence-electron chi connectivity index (χ1n) is 8.38. The average molecular weight is 448 g/mol. The smallest absolute Gasteiger partial charge is 0.448 e. The zero-order valence-electron chi connectivity index (χ0n) is 15.1. The lowest BCUT2D eigenvalue weighted by Gasteiger charge is -2.32. The van der Waals surface area contributed by atoms with Gasteiger partial charge in [-0.3, -0.25) is 4.72 Å². The van der Waals surface area contributed by atoms with E-state index in [1.807, 2.05) is 0 Å². The Kier molecular flexibility index (Phi) is 6.31. The number of benzene rings is 1. The number of nitrogens with zero attached hydrogens (tertiary/aromatic N) is 1. The fourth-order valence-corrected chi connectivity index (χ4v) is 3.42. The van der Waals surface area contributed by atoms with Gasteiger partial charge in [0.05, 0.1) is 12.2 Å². The van der Waals surface area contributed by atoms with Crippen LogP contribution in [0.25, 0.3) is 0 Å². The Labute approximate surface area is 162 Å². The summed E-state index contributed by atoms with van der Waals surface area (Å²) in [5, 5.41) is 0. The Hall–Kier alpha value is -2.18. The topological polar surface area (TPSA) is 75.7 Å². The third kappa shape index (κ3) is 4.87. The van der Waals surface area contributed by atoms with Crippen LogP contribution >= 0.6 is 0 Å². The molecule has 0 aromatic heterocycles. The van der Waals surface area contributed by atoms with E-state index in [9.17, 15) is 39.6 Å². The van der Waals surface area contributed by atoms with Crippen LogP contribution in [0.5, 0.6) is 0 Å². The third-order valence-corrected chi connectivity index (χ3v) is 5.89. The number of halogens is 6. The Morgan fingerprint density at radius 3 is 2.34 bits per heavy atom. The van der Waals surface area contributed by atoms with Crippen LogP contribution in [0, 0.1) is 5.41 Å². The molecule has 1 heterocycles. The molecule has 0 aliphatic carbocycles. The molecule has 2 rings (SSSR count). The van der Waals surface area contributed by atoms with Gasteiger partial charge >= 0.3 is 27.8 Å². The van der Waals surface area contributed by atoms with Crippen molar-refractivity contribution < 1.29 is 44.3 Å². The van der Waals surface area contributed by atoms with Crippen LogP contribution in [0.4, 0.5) is 36.8 Å². The largest absolute Gasteiger partial charge is 0.516 e. The number of carbonyl (C=O) groups is 1. The van der Waals surface area contributed by atoms with Crippen LogP contribution in [0.15, 0.2) is 24.3 Å². The van der Waals surface area contributed by atoms with Crippen molar-refractivity contribution in [3.63, 3.8) is 0 Å². The van der Waals surface area contributed by atoms with Crippen LogP contribution < -0.4 is 4.72 Å². The van der Waals surface area contributed by atoms with Crippen LogP contribution in [0.2, 0.25) is 0 Å². The lowest BCUT2D eigenvalue weighted by molar-refractivity contribution is -0.236. The van der Waals surface area contributed by atoms with Crippen molar-refractivity contribution in [1.29, 1.82) is 0 Å². The van der Waals surface area contributed by atoms with Gasteiger partial charge in [-0.1, -0.05) is 25.1 Å². The summed E-state index contributed by atoms with van der Waals surface area (Å²) in [6.45, 7) is -0.359. The van der Waals surface area contributed by atoms with E-state index in [4.69, 9.17) is 4.74 Å². The van der Waals surface area contributed by atoms with E-state index in [0.717, 1.165) is 11.0 Å². The lowest BCUT2D eigenvalue weighted by Crippen LogP contribution is -2.41. The molecule has 0 bridgehead atoms. The van der Waals surface area contributed by atoms with Crippen molar-refractivity contribution in [2.24, 2.45) is 5.41 Å². The van der Waals surface area contributed by atoms with Gasteiger partial charge in [0.15, 0.2) is 0 Å². The fraction of sp³-hybridized carbons (Fsp3) is 0.562. The average Bonchev–Trinajstić information content (AvgIpc) is 2.75. The van der Waals surface area contributed by atoms with E-state index in [1.54, 1.807) is 0 Å². The predicted octanol–water partition coefficient (Wildman–Crippen LogP) is 4.25. The summed E-state index contributed by atoms with van der Waals surface area (Å²) in [7, 11) is -5.71. The molecule has 0 spiro atoms. The van der Waals surface area contributed by atoms with Crippen molar-refractivity contribution in [2.75, 3.05) is 17.9 Å². The minimum Gasteiger partial charge on any atom is -0.448 e. The third-order valence-electron chi connectivity index (χ3n) is 4.80. The molecule has 1 aromatic carbocycles. The van der Waals surface area contributed by atoms with E-state index in [-0.39, 0.29) is 18.5 Å². The molecule has 1 unspecified atom stereocenters. The summed E-state index contributed by atoms with van der Waals surface area (Å²) in [5.74, 6) is 0. The van der Waals surface area contributed by atoms with Gasteiger partial charge in [-0.15, -0.1) is 0 Å². The van der Waals surface area contributed by atoms with Gasteiger partial charge in [-0.05, 0) is 24.5 Å². The fourth-order valence-electron chi connectivity index (χ4n) is 2.82. The molecule has 0 saturated carbocycles. The number of para-hydroxylation sites is 1. The Bertz CT molecular complexity index is 856. The second-order valence-electron chi connectivity index (χ2n) is 6.57. The molecule has 1 atom stereocenters. The number of nitrogens with one attached hydrogen (secondary N) is 1. The molecule has 1 aliphatic rings. The lowest BCUT2D eigenvalue weighted by atomic mass is 9.82. The van der Waals surface area contributed by atoms with Crippen LogP contribution in [-0.4, -0.2) is 44.2 Å². The van der Waals surface area contributed by atoms with Crippen molar-refractivity contribution in [3.8, 4) is 0 Å². The molecule has 1 N–H and O–H groups in total. The van der Waals surface area contributed by atoms with Gasteiger partial charge in [0.2, 0.25) is 0 Å². The van der Waals surface area contributed by atoms with E-state index in [2.05, 4.69) is 0 Å². The molecule has 1 aliphatic heterocycles. The van der Waals surface area contributed by atoms with Gasteiger partial charge in [0.25, 0.3) is 0 Å². The maximum Gasteiger partial charge on any atom is 0.516 e. The molecule has 164 valence electrons. The van der Waals surface area contributed by atoms with E-state index in [1.165, 1.54) is 29.8 Å². The van der Waals surface area contributed by atoms with Crippen molar-refractivity contribution >= 4 is 21.8 Å². The van der Waals surface area contributed by atoms with Crippen molar-refractivity contribution in [2.45, 2.75) is 38.0 Å². The highest BCUT2D eigenvalue weighted by molar-refractivity contribution is 7.93. The van der Waals surface area contributed by atoms with Gasteiger partial charge < -0.3 is 9.64 Å². The second kappa shape index (κ2) is 7.92. The molecule has 1 fully saturated rings. The number of alkyl halides is 6. The summed E-state index contributed by atoms with van der Waals surface area (Å²) in [6, 6.07) is 4.96. The zero-order chi connectivity index (χ0) is 22.1. The van der Waals surface area contributed by atoms with Crippen LogP contribution in [-0.2, 0) is 21.3 Å². The Morgan fingerprint density at radius 1 is 1.17 bits per heavy atom. The highest BCUT2D eigenvalue weighted by Gasteiger charge is 2.55. The highest BCUT2D eigenvalue weighted by atomic mass is 32.2. The normalized spacial score (nSPS) is 21.5. The number of sulfonamides is 1.